The Kier molecular flexibility index (Phi) is 8.35. The summed E-state index contributed by atoms with van der Waals surface area (Å²) < 4.78 is 5.86. The molecule has 1 fully saturated rings. The number of fused-ring (bicyclic) bond motifs is 1. The highest BCUT2D eigenvalue weighted by molar-refractivity contribution is 7.99. The van der Waals surface area contributed by atoms with E-state index in [-0.39, 0.29) is 24.1 Å². The Morgan fingerprint density at radius 1 is 1.12 bits per heavy atom. The molecule has 1 N–H and O–H groups in total. The molecule has 1 saturated carbocycles. The normalized spacial score (nSPS) is 17.5. The van der Waals surface area contributed by atoms with Crippen LogP contribution in [0.15, 0.2) is 54.3 Å². The molecular weight excluding hydrogens is 456 g/mol. The molecule has 0 aromatic heterocycles. The van der Waals surface area contributed by atoms with E-state index in [9.17, 15) is 9.59 Å². The number of anilines is 1. The number of hydrogen-bond acceptors (Lipinski definition) is 4. The van der Waals surface area contributed by atoms with Gasteiger partial charge in [0.15, 0.2) is 11.5 Å². The lowest BCUT2D eigenvalue weighted by atomic mass is 10.0. The molecule has 0 bridgehead atoms. The minimum absolute atomic E-state index is 0.0607. The molecule has 1 aliphatic carbocycles. The van der Waals surface area contributed by atoms with E-state index in [4.69, 9.17) is 16.3 Å². The first kappa shape index (κ1) is 23.7. The van der Waals surface area contributed by atoms with Gasteiger partial charge in [0, 0.05) is 16.8 Å². The maximum Gasteiger partial charge on any atom is 0.294 e. The quantitative estimate of drug-likeness (QED) is 0.387. The lowest BCUT2D eigenvalue weighted by Crippen LogP contribution is -2.44. The van der Waals surface area contributed by atoms with Gasteiger partial charge in [0.2, 0.25) is 5.91 Å². The fourth-order valence-corrected chi connectivity index (χ4v) is 5.64. The number of rotatable bonds is 8. The Morgan fingerprint density at radius 3 is 2.70 bits per heavy atom. The van der Waals surface area contributed by atoms with E-state index in [1.54, 1.807) is 24.3 Å². The Labute approximate surface area is 204 Å². The van der Waals surface area contributed by atoms with Gasteiger partial charge in [-0.15, -0.1) is 0 Å². The summed E-state index contributed by atoms with van der Waals surface area (Å²) in [6.07, 6.45) is 9.24. The average molecular weight is 485 g/mol. The standard InChI is InChI=1S/C26H29ClN2O3S/c27-21-12-5-4-9-19(21)17-24-26(31)29(22-13-6-7-14-23(22)32-24)18-25(30)28-15-8-16-33-20-10-2-1-3-11-20/h4-7,9,12-14,17,20H,1-3,8,10-11,15-16,18H2,(H,28,30). The summed E-state index contributed by atoms with van der Waals surface area (Å²) in [5.41, 5.74) is 1.27. The van der Waals surface area contributed by atoms with Gasteiger partial charge in [0.1, 0.15) is 6.54 Å². The summed E-state index contributed by atoms with van der Waals surface area (Å²) in [6, 6.07) is 14.5. The molecule has 174 valence electrons. The van der Waals surface area contributed by atoms with E-state index in [0.717, 1.165) is 17.4 Å². The molecule has 0 radical (unpaired) electrons. The Balaban J connectivity index is 1.36. The molecule has 1 heterocycles. The van der Waals surface area contributed by atoms with Crippen LogP contribution in [0.5, 0.6) is 5.75 Å². The maximum absolute atomic E-state index is 13.2. The number of hydrogen-bond donors (Lipinski definition) is 1. The maximum atomic E-state index is 13.2. The number of carbonyl (C=O) groups is 2. The summed E-state index contributed by atoms with van der Waals surface area (Å²) >= 11 is 8.28. The molecule has 7 heteroatoms. The van der Waals surface area contributed by atoms with E-state index in [0.29, 0.717) is 28.6 Å². The first-order valence-electron chi connectivity index (χ1n) is 11.5. The van der Waals surface area contributed by atoms with Gasteiger partial charge in [0.25, 0.3) is 5.91 Å². The number of benzene rings is 2. The summed E-state index contributed by atoms with van der Waals surface area (Å²) in [5, 5.41) is 4.27. The van der Waals surface area contributed by atoms with Crippen molar-refractivity contribution in [2.45, 2.75) is 43.8 Å². The van der Waals surface area contributed by atoms with Crippen LogP contribution in [0.2, 0.25) is 5.02 Å². The lowest BCUT2D eigenvalue weighted by Gasteiger charge is -2.30. The fraction of sp³-hybridized carbons (Fsp3) is 0.385. The molecule has 1 aliphatic heterocycles. The average Bonchev–Trinajstić information content (AvgIpc) is 2.83. The topological polar surface area (TPSA) is 58.6 Å². The van der Waals surface area contributed by atoms with E-state index in [1.807, 2.05) is 42.1 Å². The Hall–Kier alpha value is -2.44. The molecule has 2 aromatic rings. The second-order valence-corrected chi connectivity index (χ2v) is 10.1. The van der Waals surface area contributed by atoms with Crippen LogP contribution in [0.25, 0.3) is 6.08 Å². The number of thioether (sulfide) groups is 1. The molecule has 0 unspecified atom stereocenters. The van der Waals surface area contributed by atoms with Crippen molar-refractivity contribution in [2.24, 2.45) is 0 Å². The monoisotopic (exact) mass is 484 g/mol. The molecule has 4 rings (SSSR count). The molecule has 2 aliphatic rings. The van der Waals surface area contributed by atoms with Gasteiger partial charge in [-0.3, -0.25) is 14.5 Å². The van der Waals surface area contributed by atoms with Crippen LogP contribution in [0.1, 0.15) is 44.1 Å². The van der Waals surface area contributed by atoms with Gasteiger partial charge in [-0.2, -0.15) is 11.8 Å². The summed E-state index contributed by atoms with van der Waals surface area (Å²) in [4.78, 5) is 27.3. The van der Waals surface area contributed by atoms with E-state index < -0.39 is 0 Å². The summed E-state index contributed by atoms with van der Waals surface area (Å²) in [6.45, 7) is 0.551. The van der Waals surface area contributed by atoms with Gasteiger partial charge in [-0.25, -0.2) is 0 Å². The molecule has 2 aromatic carbocycles. The number of ether oxygens (including phenoxy) is 1. The van der Waals surface area contributed by atoms with E-state index >= 15 is 0 Å². The van der Waals surface area contributed by atoms with Crippen molar-refractivity contribution in [1.82, 2.24) is 5.32 Å². The zero-order valence-electron chi connectivity index (χ0n) is 18.6. The predicted octanol–water partition coefficient (Wildman–Crippen LogP) is 5.68. The lowest BCUT2D eigenvalue weighted by molar-refractivity contribution is -0.123. The largest absolute Gasteiger partial charge is 0.449 e. The Morgan fingerprint density at radius 2 is 1.88 bits per heavy atom. The minimum Gasteiger partial charge on any atom is -0.449 e. The number of halogens is 1. The zero-order valence-corrected chi connectivity index (χ0v) is 20.2. The molecular formula is C26H29ClN2O3S. The minimum atomic E-state index is -0.364. The van der Waals surface area contributed by atoms with E-state index in [2.05, 4.69) is 5.32 Å². The predicted molar refractivity (Wildman–Crippen MR) is 136 cm³/mol. The third-order valence-corrected chi connectivity index (χ3v) is 7.69. The van der Waals surface area contributed by atoms with Crippen molar-refractivity contribution in [1.29, 1.82) is 0 Å². The first-order chi connectivity index (χ1) is 16.1. The molecule has 0 spiro atoms. The van der Waals surface area contributed by atoms with Crippen molar-refractivity contribution in [3.8, 4) is 5.75 Å². The molecule has 5 nitrogen and oxygen atoms in total. The van der Waals surface area contributed by atoms with E-state index in [1.165, 1.54) is 37.0 Å². The van der Waals surface area contributed by atoms with Crippen molar-refractivity contribution < 1.29 is 14.3 Å². The Bertz CT molecular complexity index is 1020. The van der Waals surface area contributed by atoms with Gasteiger partial charge in [-0.1, -0.05) is 61.2 Å². The zero-order chi connectivity index (χ0) is 23.0. The second-order valence-electron chi connectivity index (χ2n) is 8.33. The molecule has 0 atom stereocenters. The number of para-hydroxylation sites is 2. The van der Waals surface area contributed by atoms with Crippen LogP contribution >= 0.6 is 23.4 Å². The van der Waals surface area contributed by atoms with Crippen LogP contribution in [0.4, 0.5) is 5.69 Å². The third kappa shape index (κ3) is 6.33. The van der Waals surface area contributed by atoms with Crippen LogP contribution in [-0.4, -0.2) is 35.9 Å². The van der Waals surface area contributed by atoms with Crippen LogP contribution in [-0.2, 0) is 9.59 Å². The van der Waals surface area contributed by atoms with Crippen LogP contribution in [0, 0.1) is 0 Å². The molecule has 2 amide bonds. The SMILES string of the molecule is O=C(CN1C(=O)C(=Cc2ccccc2Cl)Oc2ccccc21)NCCCSC1CCCCC1. The summed E-state index contributed by atoms with van der Waals surface area (Å²) in [5.74, 6) is 1.18. The van der Waals surface area contributed by atoms with Crippen molar-refractivity contribution in [2.75, 3.05) is 23.7 Å². The van der Waals surface area contributed by atoms with Crippen LogP contribution < -0.4 is 15.0 Å². The number of amides is 2. The highest BCUT2D eigenvalue weighted by Gasteiger charge is 2.31. The van der Waals surface area contributed by atoms with Gasteiger partial charge < -0.3 is 10.1 Å². The van der Waals surface area contributed by atoms with Crippen molar-refractivity contribution >= 4 is 46.9 Å². The molecule has 0 saturated heterocycles. The first-order valence-corrected chi connectivity index (χ1v) is 13.0. The van der Waals surface area contributed by atoms with Crippen molar-refractivity contribution in [3.63, 3.8) is 0 Å². The second kappa shape index (κ2) is 11.6. The van der Waals surface area contributed by atoms with Gasteiger partial charge in [0.05, 0.1) is 5.69 Å². The smallest absolute Gasteiger partial charge is 0.294 e. The summed E-state index contributed by atoms with van der Waals surface area (Å²) in [7, 11) is 0. The molecule has 33 heavy (non-hydrogen) atoms. The number of carbonyl (C=O) groups excluding carboxylic acids is 2. The highest BCUT2D eigenvalue weighted by Crippen LogP contribution is 2.36. The number of nitrogens with one attached hydrogen (secondary N) is 1. The van der Waals surface area contributed by atoms with Crippen LogP contribution in [0.3, 0.4) is 0 Å². The fourth-order valence-electron chi connectivity index (χ4n) is 4.13. The van der Waals surface area contributed by atoms with Gasteiger partial charge in [-0.05, 0) is 54.9 Å². The third-order valence-electron chi connectivity index (χ3n) is 5.87. The van der Waals surface area contributed by atoms with Gasteiger partial charge >= 0.3 is 0 Å². The van der Waals surface area contributed by atoms with Crippen molar-refractivity contribution in [3.05, 3.63) is 64.9 Å². The number of nitrogens with zero attached hydrogens (tertiary/aromatic N) is 1. The highest BCUT2D eigenvalue weighted by atomic mass is 35.5.